The van der Waals surface area contributed by atoms with Crippen molar-refractivity contribution in [3.05, 3.63) is 59.7 Å². The number of ether oxygens (including phenoxy) is 2. The highest BCUT2D eigenvalue weighted by Crippen LogP contribution is 2.34. The first-order valence-corrected chi connectivity index (χ1v) is 10.1. The van der Waals surface area contributed by atoms with E-state index >= 15 is 0 Å². The van der Waals surface area contributed by atoms with Gasteiger partial charge < -0.3 is 25.0 Å². The molecule has 0 bridgehead atoms. The molecule has 0 spiro atoms. The van der Waals surface area contributed by atoms with Crippen molar-refractivity contribution in [2.24, 2.45) is 5.92 Å². The van der Waals surface area contributed by atoms with Crippen LogP contribution in [0.25, 0.3) is 0 Å². The quantitative estimate of drug-likeness (QED) is 0.747. The molecule has 2 aromatic rings. The topological polar surface area (TPSA) is 62.8 Å². The largest absolute Gasteiger partial charge is 0.486 e. The van der Waals surface area contributed by atoms with Crippen LogP contribution in [0.1, 0.15) is 37.1 Å². The summed E-state index contributed by atoms with van der Waals surface area (Å²) in [6.07, 6.45) is 0. The number of rotatable bonds is 7. The van der Waals surface area contributed by atoms with Gasteiger partial charge in [-0.15, -0.1) is 0 Å². The van der Waals surface area contributed by atoms with Gasteiger partial charge in [0, 0.05) is 6.54 Å². The Bertz CT molecular complexity index is 808. The summed E-state index contributed by atoms with van der Waals surface area (Å²) in [6.45, 7) is 6.01. The molecule has 2 N–H and O–H groups in total. The van der Waals surface area contributed by atoms with E-state index in [1.807, 2.05) is 62.6 Å². The molecule has 156 valence electrons. The Hall–Kier alpha value is -2.73. The number of hydrogen-bond donors (Lipinski definition) is 2. The van der Waals surface area contributed by atoms with Crippen LogP contribution >= 0.6 is 0 Å². The van der Waals surface area contributed by atoms with E-state index in [1.54, 1.807) is 0 Å². The average Bonchev–Trinajstić information content (AvgIpc) is 2.71. The minimum absolute atomic E-state index is 0.0979. The Labute approximate surface area is 173 Å². The summed E-state index contributed by atoms with van der Waals surface area (Å²) in [7, 11) is 4.00. The Balaban J connectivity index is 1.73. The lowest BCUT2D eigenvalue weighted by atomic mass is 9.95. The monoisotopic (exact) mass is 397 g/mol. The molecule has 0 aliphatic carbocycles. The van der Waals surface area contributed by atoms with Crippen LogP contribution in [0.15, 0.2) is 48.5 Å². The lowest BCUT2D eigenvalue weighted by molar-refractivity contribution is 0.171. The van der Waals surface area contributed by atoms with Gasteiger partial charge in [-0.05, 0) is 43.3 Å². The van der Waals surface area contributed by atoms with Gasteiger partial charge >= 0.3 is 6.03 Å². The summed E-state index contributed by atoms with van der Waals surface area (Å²) in [5, 5.41) is 6.28. The second-order valence-electron chi connectivity index (χ2n) is 7.97. The number of urea groups is 1. The van der Waals surface area contributed by atoms with E-state index in [-0.39, 0.29) is 24.0 Å². The zero-order chi connectivity index (χ0) is 20.8. The fraction of sp³-hybridized carbons (Fsp3) is 0.435. The standard InChI is InChI=1S/C23H31N3O3/c1-16(2)22(18-10-11-20-21(14-18)29-13-12-28-20)25-23(27)24-19(15-26(3)4)17-8-6-5-7-9-17/h5-11,14,16,19,22H,12-13,15H2,1-4H3,(H2,24,25,27). The predicted octanol–water partition coefficient (Wildman–Crippen LogP) is 3.76. The molecular weight excluding hydrogens is 366 g/mol. The molecule has 29 heavy (non-hydrogen) atoms. The van der Waals surface area contributed by atoms with Crippen LogP contribution in [0.4, 0.5) is 4.79 Å². The maximum absolute atomic E-state index is 12.9. The number of nitrogens with one attached hydrogen (secondary N) is 2. The van der Waals surface area contributed by atoms with Crippen molar-refractivity contribution in [2.45, 2.75) is 25.9 Å². The van der Waals surface area contributed by atoms with Gasteiger partial charge in [0.2, 0.25) is 0 Å². The molecule has 0 fully saturated rings. The summed E-state index contributed by atoms with van der Waals surface area (Å²) < 4.78 is 11.3. The van der Waals surface area contributed by atoms with Crippen molar-refractivity contribution >= 4 is 6.03 Å². The molecule has 2 unspecified atom stereocenters. The number of carbonyl (C=O) groups is 1. The Morgan fingerprint density at radius 2 is 1.66 bits per heavy atom. The maximum Gasteiger partial charge on any atom is 0.315 e. The van der Waals surface area contributed by atoms with Crippen LogP contribution < -0.4 is 20.1 Å². The fourth-order valence-electron chi connectivity index (χ4n) is 3.51. The highest BCUT2D eigenvalue weighted by Gasteiger charge is 2.23. The van der Waals surface area contributed by atoms with Gasteiger partial charge in [0.05, 0.1) is 12.1 Å². The highest BCUT2D eigenvalue weighted by atomic mass is 16.6. The number of carbonyl (C=O) groups excluding carboxylic acids is 1. The van der Waals surface area contributed by atoms with E-state index in [9.17, 15) is 4.79 Å². The second-order valence-corrected chi connectivity index (χ2v) is 7.97. The van der Waals surface area contributed by atoms with Gasteiger partial charge in [0.1, 0.15) is 13.2 Å². The Morgan fingerprint density at radius 1 is 0.966 bits per heavy atom. The average molecular weight is 398 g/mol. The Kier molecular flexibility index (Phi) is 6.99. The van der Waals surface area contributed by atoms with Crippen LogP contribution in [0.3, 0.4) is 0 Å². The summed E-state index contributed by atoms with van der Waals surface area (Å²) >= 11 is 0. The van der Waals surface area contributed by atoms with Gasteiger partial charge in [0.25, 0.3) is 0 Å². The van der Waals surface area contributed by atoms with Crippen LogP contribution in [0, 0.1) is 5.92 Å². The van der Waals surface area contributed by atoms with E-state index in [1.165, 1.54) is 0 Å². The van der Waals surface area contributed by atoms with Crippen molar-refractivity contribution in [3.8, 4) is 11.5 Å². The molecule has 1 aliphatic heterocycles. The SMILES string of the molecule is CC(C)C(NC(=O)NC(CN(C)C)c1ccccc1)c1ccc2c(c1)OCCO2. The number of benzene rings is 2. The number of nitrogens with zero attached hydrogens (tertiary/aromatic N) is 1. The molecular formula is C23H31N3O3. The van der Waals surface area contributed by atoms with Crippen molar-refractivity contribution in [2.75, 3.05) is 33.9 Å². The van der Waals surface area contributed by atoms with Crippen LogP contribution in [-0.2, 0) is 0 Å². The smallest absolute Gasteiger partial charge is 0.315 e. The fourth-order valence-corrected chi connectivity index (χ4v) is 3.51. The first-order valence-electron chi connectivity index (χ1n) is 10.1. The van der Waals surface area contributed by atoms with Crippen LogP contribution in [-0.4, -0.2) is 44.8 Å². The number of likely N-dealkylation sites (N-methyl/N-ethyl adjacent to an activating group) is 1. The van der Waals surface area contributed by atoms with E-state index in [0.29, 0.717) is 19.8 Å². The second kappa shape index (κ2) is 9.65. The normalized spacial score (nSPS) is 15.1. The highest BCUT2D eigenvalue weighted by molar-refractivity contribution is 5.75. The molecule has 0 aromatic heterocycles. The van der Waals surface area contributed by atoms with E-state index in [0.717, 1.165) is 22.6 Å². The van der Waals surface area contributed by atoms with E-state index in [4.69, 9.17) is 9.47 Å². The van der Waals surface area contributed by atoms with Gasteiger partial charge in [-0.1, -0.05) is 50.2 Å². The van der Waals surface area contributed by atoms with Crippen molar-refractivity contribution in [1.82, 2.24) is 15.5 Å². The molecule has 3 rings (SSSR count). The molecule has 6 nitrogen and oxygen atoms in total. The molecule has 2 amide bonds. The van der Waals surface area contributed by atoms with Crippen LogP contribution in [0.2, 0.25) is 0 Å². The number of hydrogen-bond acceptors (Lipinski definition) is 4. The molecule has 1 heterocycles. The van der Waals surface area contributed by atoms with Gasteiger partial charge in [-0.25, -0.2) is 4.79 Å². The lowest BCUT2D eigenvalue weighted by Crippen LogP contribution is -2.43. The van der Waals surface area contributed by atoms with Gasteiger partial charge in [-0.2, -0.15) is 0 Å². The zero-order valence-corrected chi connectivity index (χ0v) is 17.6. The van der Waals surface area contributed by atoms with Gasteiger partial charge in [0.15, 0.2) is 11.5 Å². The molecule has 2 atom stereocenters. The third-order valence-electron chi connectivity index (χ3n) is 4.93. The third kappa shape index (κ3) is 5.64. The minimum atomic E-state index is -0.186. The maximum atomic E-state index is 12.9. The summed E-state index contributed by atoms with van der Waals surface area (Å²) in [5.41, 5.74) is 2.08. The molecule has 2 aromatic carbocycles. The third-order valence-corrected chi connectivity index (χ3v) is 4.93. The lowest BCUT2D eigenvalue weighted by Gasteiger charge is -2.28. The first kappa shape index (κ1) is 21.0. The minimum Gasteiger partial charge on any atom is -0.486 e. The molecule has 1 aliphatic rings. The van der Waals surface area contributed by atoms with Gasteiger partial charge in [-0.3, -0.25) is 0 Å². The van der Waals surface area contributed by atoms with Crippen LogP contribution in [0.5, 0.6) is 11.5 Å². The number of amides is 2. The first-order chi connectivity index (χ1) is 13.9. The van der Waals surface area contributed by atoms with Crippen molar-refractivity contribution in [1.29, 1.82) is 0 Å². The predicted molar refractivity (Wildman–Crippen MR) is 114 cm³/mol. The van der Waals surface area contributed by atoms with E-state index in [2.05, 4.69) is 29.4 Å². The summed E-state index contributed by atoms with van der Waals surface area (Å²) in [5.74, 6) is 1.70. The molecule has 6 heteroatoms. The Morgan fingerprint density at radius 3 is 2.31 bits per heavy atom. The molecule has 0 saturated carbocycles. The van der Waals surface area contributed by atoms with Crippen molar-refractivity contribution < 1.29 is 14.3 Å². The molecule has 0 radical (unpaired) electrons. The van der Waals surface area contributed by atoms with Crippen molar-refractivity contribution in [3.63, 3.8) is 0 Å². The zero-order valence-electron chi connectivity index (χ0n) is 17.6. The van der Waals surface area contributed by atoms with E-state index < -0.39 is 0 Å². The summed E-state index contributed by atoms with van der Waals surface area (Å²) in [6, 6.07) is 15.5. The molecule has 0 saturated heterocycles. The summed E-state index contributed by atoms with van der Waals surface area (Å²) in [4.78, 5) is 15.0. The number of fused-ring (bicyclic) bond motifs is 1.